The molecule has 0 unspecified atom stereocenters. The van der Waals surface area contributed by atoms with E-state index in [1.807, 2.05) is 16.8 Å². The summed E-state index contributed by atoms with van der Waals surface area (Å²) in [6.45, 7) is 2.02. The Morgan fingerprint density at radius 3 is 2.64 bits per heavy atom. The molecular weight excluding hydrogens is 382 g/mol. The highest BCUT2D eigenvalue weighted by Gasteiger charge is 2.14. The zero-order chi connectivity index (χ0) is 19.9. The third kappa shape index (κ3) is 5.40. The second-order valence-corrected chi connectivity index (χ2v) is 6.78. The van der Waals surface area contributed by atoms with E-state index < -0.39 is 5.97 Å². The van der Waals surface area contributed by atoms with Crippen molar-refractivity contribution in [2.24, 2.45) is 0 Å². The van der Waals surface area contributed by atoms with Crippen molar-refractivity contribution in [1.29, 1.82) is 0 Å². The number of aromatic nitrogens is 2. The zero-order valence-corrected chi connectivity index (χ0v) is 16.3. The first kappa shape index (κ1) is 19.6. The zero-order valence-electron chi connectivity index (χ0n) is 15.5. The highest BCUT2D eigenvalue weighted by atomic mass is 32.1. The van der Waals surface area contributed by atoms with Crippen molar-refractivity contribution in [3.05, 3.63) is 63.9 Å². The Morgan fingerprint density at radius 2 is 2.00 bits per heavy atom. The van der Waals surface area contributed by atoms with Gasteiger partial charge in [-0.3, -0.25) is 4.79 Å². The Hall–Kier alpha value is -3.20. The van der Waals surface area contributed by atoms with Crippen LogP contribution in [-0.2, 0) is 22.7 Å². The smallest absolute Gasteiger partial charge is 0.338 e. The van der Waals surface area contributed by atoms with E-state index in [9.17, 15) is 9.59 Å². The van der Waals surface area contributed by atoms with Gasteiger partial charge >= 0.3 is 5.97 Å². The lowest BCUT2D eigenvalue weighted by Gasteiger charge is -2.16. The number of esters is 1. The van der Waals surface area contributed by atoms with E-state index in [4.69, 9.17) is 14.0 Å². The first-order valence-electron chi connectivity index (χ1n) is 8.45. The van der Waals surface area contributed by atoms with Crippen LogP contribution < -0.4 is 4.74 Å². The number of thiophene rings is 1. The number of nitrogens with zero attached hydrogens (tertiary/aromatic N) is 3. The number of rotatable bonds is 8. The van der Waals surface area contributed by atoms with Crippen LogP contribution in [0.4, 0.5) is 0 Å². The van der Waals surface area contributed by atoms with Gasteiger partial charge in [-0.25, -0.2) is 4.79 Å². The summed E-state index contributed by atoms with van der Waals surface area (Å²) in [5.41, 5.74) is 1.37. The van der Waals surface area contributed by atoms with Crippen LogP contribution in [-0.4, -0.2) is 40.6 Å². The van der Waals surface area contributed by atoms with Crippen molar-refractivity contribution in [3.8, 4) is 5.75 Å². The summed E-state index contributed by atoms with van der Waals surface area (Å²) in [7, 11) is 1.67. The predicted octanol–water partition coefficient (Wildman–Crippen LogP) is 2.83. The fourth-order valence-electron chi connectivity index (χ4n) is 2.30. The molecule has 28 heavy (non-hydrogen) atoms. The van der Waals surface area contributed by atoms with Gasteiger partial charge in [-0.15, -0.1) is 0 Å². The third-order valence-electron chi connectivity index (χ3n) is 3.78. The maximum absolute atomic E-state index is 12.1. The third-order valence-corrected chi connectivity index (χ3v) is 4.51. The summed E-state index contributed by atoms with van der Waals surface area (Å²) in [6.07, 6.45) is 0. The predicted molar refractivity (Wildman–Crippen MR) is 101 cm³/mol. The molecule has 2 aromatic heterocycles. The number of carbonyl (C=O) groups excluding carboxylic acids is 2. The van der Waals surface area contributed by atoms with Gasteiger partial charge in [-0.1, -0.05) is 5.16 Å². The van der Waals surface area contributed by atoms with Gasteiger partial charge in [0.25, 0.3) is 5.91 Å². The van der Waals surface area contributed by atoms with Crippen molar-refractivity contribution < 1.29 is 23.6 Å². The van der Waals surface area contributed by atoms with E-state index in [1.165, 1.54) is 4.90 Å². The standard InChI is InChI=1S/C19H19N3O5S/c1-13-20-17(21-27-13)10-25-16-5-3-15(4-6-16)19(24)26-11-18(23)22(2)9-14-7-8-28-12-14/h3-8,12H,9-11H2,1-2H3. The second-order valence-electron chi connectivity index (χ2n) is 6.00. The lowest BCUT2D eigenvalue weighted by Crippen LogP contribution is -2.30. The number of likely N-dealkylation sites (N-methyl/N-ethyl adjacent to an activating group) is 1. The first-order valence-corrected chi connectivity index (χ1v) is 9.40. The summed E-state index contributed by atoms with van der Waals surface area (Å²) in [6, 6.07) is 8.35. The SMILES string of the molecule is Cc1nc(COc2ccc(C(=O)OCC(=O)N(C)Cc3ccsc3)cc2)no1. The molecule has 0 bridgehead atoms. The van der Waals surface area contributed by atoms with Crippen molar-refractivity contribution in [2.45, 2.75) is 20.1 Å². The van der Waals surface area contributed by atoms with E-state index in [0.717, 1.165) is 5.56 Å². The monoisotopic (exact) mass is 401 g/mol. The number of hydrogen-bond donors (Lipinski definition) is 0. The number of hydrogen-bond acceptors (Lipinski definition) is 8. The van der Waals surface area contributed by atoms with E-state index in [-0.39, 0.29) is 19.1 Å². The minimum Gasteiger partial charge on any atom is -0.485 e. The molecule has 1 amide bonds. The molecule has 0 saturated carbocycles. The van der Waals surface area contributed by atoms with Gasteiger partial charge in [-0.2, -0.15) is 16.3 Å². The molecule has 0 spiro atoms. The highest BCUT2D eigenvalue weighted by Crippen LogP contribution is 2.14. The highest BCUT2D eigenvalue weighted by molar-refractivity contribution is 7.07. The van der Waals surface area contributed by atoms with Gasteiger partial charge in [-0.05, 0) is 46.7 Å². The van der Waals surface area contributed by atoms with Crippen LogP contribution in [0.15, 0.2) is 45.6 Å². The molecule has 0 saturated heterocycles. The second kappa shape index (κ2) is 9.14. The van der Waals surface area contributed by atoms with E-state index in [1.54, 1.807) is 49.6 Å². The Labute approximate surface area is 165 Å². The maximum atomic E-state index is 12.1. The molecule has 1 aromatic carbocycles. The molecule has 3 aromatic rings. The number of benzene rings is 1. The van der Waals surface area contributed by atoms with E-state index in [2.05, 4.69) is 10.1 Å². The lowest BCUT2D eigenvalue weighted by atomic mass is 10.2. The molecule has 0 atom stereocenters. The van der Waals surface area contributed by atoms with E-state index in [0.29, 0.717) is 29.6 Å². The van der Waals surface area contributed by atoms with Crippen LogP contribution >= 0.6 is 11.3 Å². The van der Waals surface area contributed by atoms with Crippen LogP contribution in [0.1, 0.15) is 27.6 Å². The molecule has 0 aliphatic heterocycles. The molecule has 0 radical (unpaired) electrons. The molecule has 0 aliphatic carbocycles. The summed E-state index contributed by atoms with van der Waals surface area (Å²) >= 11 is 1.57. The quantitative estimate of drug-likeness (QED) is 0.536. The minimum atomic E-state index is -0.572. The van der Waals surface area contributed by atoms with Crippen molar-refractivity contribution >= 4 is 23.2 Å². The molecule has 8 nitrogen and oxygen atoms in total. The molecule has 146 valence electrons. The summed E-state index contributed by atoms with van der Waals surface area (Å²) in [5.74, 6) is 0.608. The van der Waals surface area contributed by atoms with Crippen molar-refractivity contribution in [1.82, 2.24) is 15.0 Å². The van der Waals surface area contributed by atoms with Gasteiger partial charge in [0.15, 0.2) is 13.2 Å². The number of carbonyl (C=O) groups is 2. The average Bonchev–Trinajstić information content (AvgIpc) is 3.36. The first-order chi connectivity index (χ1) is 13.5. The largest absolute Gasteiger partial charge is 0.485 e. The molecule has 0 N–H and O–H groups in total. The van der Waals surface area contributed by atoms with Crippen LogP contribution in [0.5, 0.6) is 5.75 Å². The molecule has 9 heteroatoms. The Balaban J connectivity index is 1.45. The number of amides is 1. The normalized spacial score (nSPS) is 10.5. The molecule has 3 rings (SSSR count). The topological polar surface area (TPSA) is 94.8 Å². The van der Waals surface area contributed by atoms with Crippen LogP contribution in [0, 0.1) is 6.92 Å². The van der Waals surface area contributed by atoms with Crippen molar-refractivity contribution in [2.75, 3.05) is 13.7 Å². The van der Waals surface area contributed by atoms with Gasteiger partial charge in [0.05, 0.1) is 5.56 Å². The number of aryl methyl sites for hydroxylation is 1. The van der Waals surface area contributed by atoms with Crippen LogP contribution in [0.3, 0.4) is 0 Å². The fraction of sp³-hybridized carbons (Fsp3) is 0.263. The number of ether oxygens (including phenoxy) is 2. The summed E-state index contributed by atoms with van der Waals surface area (Å²) < 4.78 is 15.5. The Kier molecular flexibility index (Phi) is 6.38. The summed E-state index contributed by atoms with van der Waals surface area (Å²) in [5, 5.41) is 7.65. The van der Waals surface area contributed by atoms with Gasteiger partial charge in [0, 0.05) is 20.5 Å². The van der Waals surface area contributed by atoms with E-state index >= 15 is 0 Å². The maximum Gasteiger partial charge on any atom is 0.338 e. The Morgan fingerprint density at radius 1 is 1.21 bits per heavy atom. The van der Waals surface area contributed by atoms with Gasteiger partial charge in [0.1, 0.15) is 5.75 Å². The summed E-state index contributed by atoms with van der Waals surface area (Å²) in [4.78, 5) is 29.8. The van der Waals surface area contributed by atoms with Crippen LogP contribution in [0.2, 0.25) is 0 Å². The van der Waals surface area contributed by atoms with Crippen molar-refractivity contribution in [3.63, 3.8) is 0 Å². The van der Waals surface area contributed by atoms with Gasteiger partial charge < -0.3 is 18.9 Å². The molecular formula is C19H19N3O5S. The molecule has 2 heterocycles. The van der Waals surface area contributed by atoms with Gasteiger partial charge in [0.2, 0.25) is 11.7 Å². The average molecular weight is 401 g/mol. The molecule has 0 aliphatic rings. The fourth-order valence-corrected chi connectivity index (χ4v) is 2.96. The molecule has 0 fully saturated rings. The van der Waals surface area contributed by atoms with Crippen LogP contribution in [0.25, 0.3) is 0 Å². The minimum absolute atomic E-state index is 0.159. The Bertz CT molecular complexity index is 921. The lowest BCUT2D eigenvalue weighted by molar-refractivity contribution is -0.133.